The Kier molecular flexibility index (Phi) is 4.68. The summed E-state index contributed by atoms with van der Waals surface area (Å²) in [5.74, 6) is -3.34. The lowest BCUT2D eigenvalue weighted by Gasteiger charge is -2.51. The highest BCUT2D eigenvalue weighted by molar-refractivity contribution is 5.98. The quantitative estimate of drug-likeness (QED) is 0.357. The van der Waals surface area contributed by atoms with Crippen molar-refractivity contribution in [2.45, 2.75) is 56.6 Å². The zero-order valence-electron chi connectivity index (χ0n) is 11.7. The van der Waals surface area contributed by atoms with E-state index in [1.807, 2.05) is 0 Å². The van der Waals surface area contributed by atoms with E-state index in [0.717, 1.165) is 20.8 Å². The van der Waals surface area contributed by atoms with Gasteiger partial charge in [0.15, 0.2) is 29.2 Å². The molecule has 0 aromatic carbocycles. The number of ketones is 3. The summed E-state index contributed by atoms with van der Waals surface area (Å²) in [4.78, 5) is 34.4. The number of Topliss-reactive ketones (excluding diaryl/α,β-unsaturated/α-hetero) is 3. The van der Waals surface area contributed by atoms with Crippen molar-refractivity contribution < 1.29 is 44.7 Å². The number of carbonyl (C=O) groups is 3. The molecule has 1 rings (SSSR count). The standard InChI is InChI=1S/C12H18O9/c1-4(13)7(16)8-9(17)11(19,5(2)14)12(20,6(3)15)10(18)21-8/h7-10,16-20H,1-3H3/t7?,8-,9-,10?,11+,12+/m1/s1. The summed E-state index contributed by atoms with van der Waals surface area (Å²) in [6.45, 7) is 2.49. The lowest BCUT2D eigenvalue weighted by Crippen LogP contribution is -2.80. The van der Waals surface area contributed by atoms with Crippen molar-refractivity contribution in [3.05, 3.63) is 0 Å². The first-order valence-corrected chi connectivity index (χ1v) is 6.09. The third kappa shape index (κ3) is 2.31. The van der Waals surface area contributed by atoms with Crippen LogP contribution in [0.25, 0.3) is 0 Å². The molecule has 21 heavy (non-hydrogen) atoms. The van der Waals surface area contributed by atoms with Gasteiger partial charge >= 0.3 is 0 Å². The van der Waals surface area contributed by atoms with Crippen molar-refractivity contribution in [2.75, 3.05) is 0 Å². The highest BCUT2D eigenvalue weighted by Gasteiger charge is 2.70. The largest absolute Gasteiger partial charge is 0.387 e. The summed E-state index contributed by atoms with van der Waals surface area (Å²) in [5, 5.41) is 50.0. The average molecular weight is 306 g/mol. The highest BCUT2D eigenvalue weighted by Crippen LogP contribution is 2.39. The number of rotatable bonds is 4. The summed E-state index contributed by atoms with van der Waals surface area (Å²) < 4.78 is 4.70. The Morgan fingerprint density at radius 3 is 1.76 bits per heavy atom. The molecule has 1 aliphatic rings. The first kappa shape index (κ1) is 17.8. The van der Waals surface area contributed by atoms with Crippen LogP contribution in [0.5, 0.6) is 0 Å². The van der Waals surface area contributed by atoms with E-state index >= 15 is 0 Å². The molecular weight excluding hydrogens is 288 g/mol. The van der Waals surface area contributed by atoms with Gasteiger partial charge in [-0.1, -0.05) is 0 Å². The van der Waals surface area contributed by atoms with Crippen LogP contribution in [0.1, 0.15) is 20.8 Å². The van der Waals surface area contributed by atoms with Gasteiger partial charge in [-0.2, -0.15) is 0 Å². The predicted molar refractivity (Wildman–Crippen MR) is 64.8 cm³/mol. The second-order valence-electron chi connectivity index (χ2n) is 5.10. The third-order valence-electron chi connectivity index (χ3n) is 3.76. The molecule has 1 aliphatic heterocycles. The molecule has 2 unspecified atom stereocenters. The molecule has 9 nitrogen and oxygen atoms in total. The average Bonchev–Trinajstić information content (AvgIpc) is 2.38. The van der Waals surface area contributed by atoms with Crippen LogP contribution in [-0.4, -0.2) is 78.7 Å². The zero-order valence-corrected chi connectivity index (χ0v) is 11.7. The van der Waals surface area contributed by atoms with E-state index in [1.165, 1.54) is 0 Å². The molecule has 120 valence electrons. The van der Waals surface area contributed by atoms with Crippen LogP contribution >= 0.6 is 0 Å². The SMILES string of the molecule is CC(=O)C(O)[C@H]1OC(O)[C@@](O)(C(C)=O)[C@](O)(C(C)=O)[C@@H]1O. The lowest BCUT2D eigenvalue weighted by atomic mass is 9.69. The third-order valence-corrected chi connectivity index (χ3v) is 3.76. The van der Waals surface area contributed by atoms with Gasteiger partial charge in [0.2, 0.25) is 5.60 Å². The van der Waals surface area contributed by atoms with E-state index in [1.54, 1.807) is 0 Å². The van der Waals surface area contributed by atoms with Crippen LogP contribution in [0.3, 0.4) is 0 Å². The van der Waals surface area contributed by atoms with Crippen LogP contribution in [0.2, 0.25) is 0 Å². The fourth-order valence-electron chi connectivity index (χ4n) is 2.37. The summed E-state index contributed by atoms with van der Waals surface area (Å²) in [6.07, 6.45) is -8.61. The smallest absolute Gasteiger partial charge is 0.212 e. The summed E-state index contributed by atoms with van der Waals surface area (Å²) >= 11 is 0. The molecule has 5 N–H and O–H groups in total. The topological polar surface area (TPSA) is 162 Å². The van der Waals surface area contributed by atoms with Crippen molar-refractivity contribution in [2.24, 2.45) is 0 Å². The van der Waals surface area contributed by atoms with E-state index in [-0.39, 0.29) is 0 Å². The molecule has 0 amide bonds. The Hall–Kier alpha value is -1.23. The molecule has 1 fully saturated rings. The molecule has 0 spiro atoms. The number of hydrogen-bond donors (Lipinski definition) is 5. The van der Waals surface area contributed by atoms with Crippen molar-refractivity contribution in [3.8, 4) is 0 Å². The minimum atomic E-state index is -3.14. The van der Waals surface area contributed by atoms with Gasteiger partial charge in [-0.25, -0.2) is 0 Å². The first-order valence-electron chi connectivity index (χ1n) is 6.09. The van der Waals surface area contributed by atoms with Gasteiger partial charge in [-0.05, 0) is 20.8 Å². The maximum absolute atomic E-state index is 11.7. The van der Waals surface area contributed by atoms with Gasteiger partial charge in [-0.15, -0.1) is 0 Å². The number of ether oxygens (including phenoxy) is 1. The second-order valence-corrected chi connectivity index (χ2v) is 5.10. The molecule has 1 saturated heterocycles. The minimum absolute atomic E-state index is 0.770. The Balaban J connectivity index is 3.45. The summed E-state index contributed by atoms with van der Waals surface area (Å²) in [5.41, 5.74) is -6.27. The minimum Gasteiger partial charge on any atom is -0.387 e. The van der Waals surface area contributed by atoms with E-state index in [0.29, 0.717) is 0 Å². The van der Waals surface area contributed by atoms with Crippen molar-refractivity contribution >= 4 is 17.3 Å². The number of hydrogen-bond acceptors (Lipinski definition) is 9. The normalized spacial score (nSPS) is 41.4. The van der Waals surface area contributed by atoms with Crippen molar-refractivity contribution in [1.82, 2.24) is 0 Å². The van der Waals surface area contributed by atoms with Gasteiger partial charge in [0.05, 0.1) is 0 Å². The monoisotopic (exact) mass is 306 g/mol. The Bertz CT molecular complexity index is 475. The second kappa shape index (κ2) is 5.52. The van der Waals surface area contributed by atoms with Crippen molar-refractivity contribution in [1.29, 1.82) is 0 Å². The van der Waals surface area contributed by atoms with Gasteiger partial charge in [-0.3, -0.25) is 14.4 Å². The van der Waals surface area contributed by atoms with Gasteiger partial charge in [0, 0.05) is 0 Å². The molecule has 0 saturated carbocycles. The van der Waals surface area contributed by atoms with E-state index in [4.69, 9.17) is 4.74 Å². The lowest BCUT2D eigenvalue weighted by molar-refractivity contribution is -0.344. The van der Waals surface area contributed by atoms with Crippen LogP contribution < -0.4 is 0 Å². The van der Waals surface area contributed by atoms with Crippen LogP contribution in [0.4, 0.5) is 0 Å². The Morgan fingerprint density at radius 1 is 1.00 bits per heavy atom. The highest BCUT2D eigenvalue weighted by atomic mass is 16.6. The summed E-state index contributed by atoms with van der Waals surface area (Å²) in [7, 11) is 0. The van der Waals surface area contributed by atoms with E-state index < -0.39 is 53.2 Å². The fraction of sp³-hybridized carbons (Fsp3) is 0.750. The number of aliphatic hydroxyl groups is 5. The molecule has 0 bridgehead atoms. The fourth-order valence-corrected chi connectivity index (χ4v) is 2.37. The van der Waals surface area contributed by atoms with Gasteiger partial charge in [0.25, 0.3) is 0 Å². The molecular formula is C12H18O9. The van der Waals surface area contributed by atoms with Gasteiger partial charge in [0.1, 0.15) is 18.3 Å². The van der Waals surface area contributed by atoms with Gasteiger partial charge < -0.3 is 30.3 Å². The molecule has 0 aromatic rings. The van der Waals surface area contributed by atoms with E-state index in [2.05, 4.69) is 0 Å². The zero-order chi connectivity index (χ0) is 16.7. The Labute approximate surface area is 119 Å². The number of carbonyl (C=O) groups excluding carboxylic acids is 3. The maximum atomic E-state index is 11.7. The van der Waals surface area contributed by atoms with E-state index in [9.17, 15) is 39.9 Å². The van der Waals surface area contributed by atoms with Crippen LogP contribution in [0.15, 0.2) is 0 Å². The van der Waals surface area contributed by atoms with Crippen molar-refractivity contribution in [3.63, 3.8) is 0 Å². The predicted octanol–water partition coefficient (Wildman–Crippen LogP) is -3.35. The number of aliphatic hydroxyl groups excluding tert-OH is 3. The van der Waals surface area contributed by atoms with Crippen LogP contribution in [0, 0.1) is 0 Å². The molecule has 0 radical (unpaired) electrons. The van der Waals surface area contributed by atoms with Crippen LogP contribution in [-0.2, 0) is 19.1 Å². The molecule has 0 aliphatic carbocycles. The summed E-state index contributed by atoms with van der Waals surface area (Å²) in [6, 6.07) is 0. The molecule has 6 atom stereocenters. The molecule has 9 heteroatoms. The Morgan fingerprint density at radius 2 is 1.43 bits per heavy atom. The molecule has 1 heterocycles. The maximum Gasteiger partial charge on any atom is 0.212 e. The molecule has 0 aromatic heterocycles. The first-order chi connectivity index (χ1) is 9.42.